The second-order valence-electron chi connectivity index (χ2n) is 7.98. The van der Waals surface area contributed by atoms with E-state index in [4.69, 9.17) is 20.9 Å². The summed E-state index contributed by atoms with van der Waals surface area (Å²) in [6, 6.07) is 11.9. The van der Waals surface area contributed by atoms with Crippen LogP contribution >= 0.6 is 11.6 Å². The van der Waals surface area contributed by atoms with Gasteiger partial charge in [0.25, 0.3) is 5.91 Å². The summed E-state index contributed by atoms with van der Waals surface area (Å²) in [5.74, 6) is -2.02. The Bertz CT molecular complexity index is 1410. The monoisotopic (exact) mass is 496 g/mol. The lowest BCUT2D eigenvalue weighted by molar-refractivity contribution is -0.119. The molecular weight excluding hydrogens is 475 g/mol. The standard InChI is InChI=1S/C25H22ClFN4O4/c1-13-8-10-17(11-9-13)31-15(3)23(14(2)29-31)28-20(32)12-34-25(33)21-16(4)35-30-24(21)22-18(26)6-5-7-19(22)27/h5-11H,12H2,1-4H3,(H,28,32). The van der Waals surface area contributed by atoms with Gasteiger partial charge in [-0.2, -0.15) is 5.10 Å². The summed E-state index contributed by atoms with van der Waals surface area (Å²) in [4.78, 5) is 25.4. The van der Waals surface area contributed by atoms with Gasteiger partial charge in [-0.1, -0.05) is 40.5 Å². The van der Waals surface area contributed by atoms with E-state index in [0.29, 0.717) is 11.4 Å². The first-order chi connectivity index (χ1) is 16.7. The van der Waals surface area contributed by atoms with Crippen LogP contribution in [0.4, 0.5) is 10.1 Å². The van der Waals surface area contributed by atoms with E-state index in [0.717, 1.165) is 16.9 Å². The van der Waals surface area contributed by atoms with Gasteiger partial charge in [0.2, 0.25) is 0 Å². The highest BCUT2D eigenvalue weighted by Gasteiger charge is 2.27. The number of aromatic nitrogens is 3. The number of hydrogen-bond acceptors (Lipinski definition) is 6. The molecule has 0 saturated carbocycles. The topological polar surface area (TPSA) is 99.2 Å². The number of nitrogens with one attached hydrogen (secondary N) is 1. The maximum atomic E-state index is 14.4. The average Bonchev–Trinajstić information content (AvgIpc) is 3.32. The van der Waals surface area contributed by atoms with Crippen molar-refractivity contribution in [2.75, 3.05) is 11.9 Å². The highest BCUT2D eigenvalue weighted by atomic mass is 35.5. The van der Waals surface area contributed by atoms with Crippen molar-refractivity contribution in [3.63, 3.8) is 0 Å². The molecule has 0 radical (unpaired) electrons. The van der Waals surface area contributed by atoms with Crippen molar-refractivity contribution in [3.05, 3.63) is 81.6 Å². The van der Waals surface area contributed by atoms with Crippen LogP contribution in [0.15, 0.2) is 47.0 Å². The van der Waals surface area contributed by atoms with E-state index in [-0.39, 0.29) is 27.6 Å². The molecule has 1 N–H and O–H groups in total. The second-order valence-corrected chi connectivity index (χ2v) is 8.38. The third-order valence-corrected chi connectivity index (χ3v) is 5.75. The third-order valence-electron chi connectivity index (χ3n) is 5.44. The molecule has 0 atom stereocenters. The van der Waals surface area contributed by atoms with E-state index in [1.165, 1.54) is 25.1 Å². The van der Waals surface area contributed by atoms with Crippen LogP contribution in [0, 0.1) is 33.5 Å². The summed E-state index contributed by atoms with van der Waals surface area (Å²) < 4.78 is 26.4. The van der Waals surface area contributed by atoms with Crippen molar-refractivity contribution >= 4 is 29.2 Å². The Morgan fingerprint density at radius 2 is 1.83 bits per heavy atom. The fourth-order valence-electron chi connectivity index (χ4n) is 3.65. The lowest BCUT2D eigenvalue weighted by atomic mass is 10.1. The van der Waals surface area contributed by atoms with E-state index in [1.54, 1.807) is 11.6 Å². The number of aryl methyl sites for hydroxylation is 3. The fraction of sp³-hybridized carbons (Fsp3) is 0.200. The number of benzene rings is 2. The van der Waals surface area contributed by atoms with Crippen molar-refractivity contribution in [1.29, 1.82) is 0 Å². The molecule has 2 aromatic heterocycles. The first kappa shape index (κ1) is 24.2. The zero-order chi connectivity index (χ0) is 25.3. The molecule has 2 aromatic carbocycles. The average molecular weight is 497 g/mol. The van der Waals surface area contributed by atoms with Crippen LogP contribution in [-0.4, -0.2) is 33.4 Å². The summed E-state index contributed by atoms with van der Waals surface area (Å²) in [6.45, 7) is 6.49. The highest BCUT2D eigenvalue weighted by Crippen LogP contribution is 2.33. The number of anilines is 1. The predicted octanol–water partition coefficient (Wildman–Crippen LogP) is 5.35. The molecule has 4 rings (SSSR count). The largest absolute Gasteiger partial charge is 0.452 e. The van der Waals surface area contributed by atoms with Crippen LogP contribution < -0.4 is 5.32 Å². The number of rotatable bonds is 6. The molecule has 0 saturated heterocycles. The summed E-state index contributed by atoms with van der Waals surface area (Å²) in [5, 5.41) is 11.1. The van der Waals surface area contributed by atoms with Gasteiger partial charge in [-0.25, -0.2) is 13.9 Å². The Kier molecular flexibility index (Phi) is 6.70. The predicted molar refractivity (Wildman–Crippen MR) is 128 cm³/mol. The maximum Gasteiger partial charge on any atom is 0.344 e. The normalized spacial score (nSPS) is 10.9. The van der Waals surface area contributed by atoms with Crippen molar-refractivity contribution < 1.29 is 23.2 Å². The van der Waals surface area contributed by atoms with E-state index in [2.05, 4.69) is 15.6 Å². The minimum Gasteiger partial charge on any atom is -0.452 e. The van der Waals surface area contributed by atoms with Gasteiger partial charge in [-0.15, -0.1) is 0 Å². The van der Waals surface area contributed by atoms with Gasteiger partial charge >= 0.3 is 5.97 Å². The van der Waals surface area contributed by atoms with Crippen LogP contribution in [-0.2, 0) is 9.53 Å². The Morgan fingerprint density at radius 3 is 2.51 bits per heavy atom. The molecule has 0 fully saturated rings. The van der Waals surface area contributed by atoms with Gasteiger partial charge in [0.05, 0.1) is 33.3 Å². The molecule has 0 unspecified atom stereocenters. The molecule has 1 amide bonds. The summed E-state index contributed by atoms with van der Waals surface area (Å²) in [7, 11) is 0. The van der Waals surface area contributed by atoms with Gasteiger partial charge < -0.3 is 14.6 Å². The second kappa shape index (κ2) is 9.71. The Morgan fingerprint density at radius 1 is 1.11 bits per heavy atom. The third kappa shape index (κ3) is 4.81. The molecule has 8 nitrogen and oxygen atoms in total. The number of ether oxygens (including phenoxy) is 1. The molecule has 4 aromatic rings. The molecule has 180 valence electrons. The Balaban J connectivity index is 1.49. The number of esters is 1. The zero-order valence-corrected chi connectivity index (χ0v) is 20.2. The SMILES string of the molecule is Cc1ccc(-n2nc(C)c(NC(=O)COC(=O)c3c(-c4c(F)cccc4Cl)noc3C)c2C)cc1. The zero-order valence-electron chi connectivity index (χ0n) is 19.5. The number of nitrogens with zero attached hydrogens (tertiary/aromatic N) is 3. The molecule has 0 aliphatic carbocycles. The molecule has 0 bridgehead atoms. The number of carbonyl (C=O) groups is 2. The van der Waals surface area contributed by atoms with Crippen LogP contribution in [0.1, 0.15) is 33.1 Å². The molecule has 0 aliphatic rings. The number of amides is 1. The minimum absolute atomic E-state index is 0.0571. The molecule has 0 aliphatic heterocycles. The number of hydrogen-bond donors (Lipinski definition) is 1. The van der Waals surface area contributed by atoms with E-state index in [9.17, 15) is 14.0 Å². The van der Waals surface area contributed by atoms with Crippen molar-refractivity contribution in [2.45, 2.75) is 27.7 Å². The van der Waals surface area contributed by atoms with Crippen LogP contribution in [0.3, 0.4) is 0 Å². The Labute approximate surface area is 205 Å². The lowest BCUT2D eigenvalue weighted by Crippen LogP contribution is -2.22. The van der Waals surface area contributed by atoms with Gasteiger partial charge in [0.15, 0.2) is 6.61 Å². The summed E-state index contributed by atoms with van der Waals surface area (Å²) >= 11 is 6.11. The highest BCUT2D eigenvalue weighted by molar-refractivity contribution is 6.33. The molecular formula is C25H22ClFN4O4. The van der Waals surface area contributed by atoms with E-state index >= 15 is 0 Å². The van der Waals surface area contributed by atoms with Gasteiger partial charge in [0, 0.05) is 0 Å². The number of halogens is 2. The smallest absolute Gasteiger partial charge is 0.344 e. The summed E-state index contributed by atoms with van der Waals surface area (Å²) in [6.07, 6.45) is 0. The first-order valence-corrected chi connectivity index (χ1v) is 11.1. The number of carbonyl (C=O) groups excluding carboxylic acids is 2. The van der Waals surface area contributed by atoms with E-state index in [1.807, 2.05) is 38.1 Å². The Hall–Kier alpha value is -3.98. The molecule has 0 spiro atoms. The molecule has 35 heavy (non-hydrogen) atoms. The maximum absolute atomic E-state index is 14.4. The fourth-order valence-corrected chi connectivity index (χ4v) is 3.90. The van der Waals surface area contributed by atoms with Crippen molar-refractivity contribution in [3.8, 4) is 16.9 Å². The van der Waals surface area contributed by atoms with Crippen LogP contribution in [0.25, 0.3) is 16.9 Å². The quantitative estimate of drug-likeness (QED) is 0.361. The minimum atomic E-state index is -0.892. The van der Waals surface area contributed by atoms with Gasteiger partial charge in [-0.3, -0.25) is 4.79 Å². The lowest BCUT2D eigenvalue weighted by Gasteiger charge is -2.09. The molecule has 10 heteroatoms. The van der Waals surface area contributed by atoms with Crippen LogP contribution in [0.2, 0.25) is 5.02 Å². The van der Waals surface area contributed by atoms with Crippen molar-refractivity contribution in [2.24, 2.45) is 0 Å². The van der Waals surface area contributed by atoms with Gasteiger partial charge in [0.1, 0.15) is 22.8 Å². The van der Waals surface area contributed by atoms with E-state index < -0.39 is 24.3 Å². The first-order valence-electron chi connectivity index (χ1n) is 10.7. The van der Waals surface area contributed by atoms with Crippen LogP contribution in [0.5, 0.6) is 0 Å². The van der Waals surface area contributed by atoms with Crippen molar-refractivity contribution in [1.82, 2.24) is 14.9 Å². The molecule has 2 heterocycles. The van der Waals surface area contributed by atoms with Gasteiger partial charge in [-0.05, 0) is 52.0 Å². The summed E-state index contributed by atoms with van der Waals surface area (Å²) in [5.41, 5.74) is 3.53.